The molecule has 0 radical (unpaired) electrons. The van der Waals surface area contributed by atoms with E-state index in [0.29, 0.717) is 4.88 Å². The van der Waals surface area contributed by atoms with E-state index in [2.05, 4.69) is 24.3 Å². The topological polar surface area (TPSA) is 84.2 Å². The van der Waals surface area contributed by atoms with Gasteiger partial charge in [0.25, 0.3) is 5.91 Å². The standard InChI is InChI=1S/C15H21N3O3S/c1-7(2)12-10-6-11(22-14(10)18(5)17-12)13(19)16-9(4)8(3)15(20)21/h6-9H,1-5H3,(H,16,19)(H,20,21). The Balaban J connectivity index is 2.26. The summed E-state index contributed by atoms with van der Waals surface area (Å²) in [6.45, 7) is 7.41. The van der Waals surface area contributed by atoms with Gasteiger partial charge in [0.15, 0.2) is 0 Å². The molecule has 120 valence electrons. The van der Waals surface area contributed by atoms with Gasteiger partial charge in [0.2, 0.25) is 0 Å². The number of amides is 1. The second kappa shape index (κ2) is 6.08. The van der Waals surface area contributed by atoms with E-state index < -0.39 is 17.9 Å². The zero-order valence-corrected chi connectivity index (χ0v) is 14.2. The van der Waals surface area contributed by atoms with E-state index in [-0.39, 0.29) is 11.8 Å². The van der Waals surface area contributed by atoms with Crippen molar-refractivity contribution in [2.45, 2.75) is 39.7 Å². The predicted molar refractivity (Wildman–Crippen MR) is 86.4 cm³/mol. The maximum Gasteiger partial charge on any atom is 0.308 e. The van der Waals surface area contributed by atoms with Gasteiger partial charge in [-0.25, -0.2) is 0 Å². The SMILES string of the molecule is CC(C)c1nn(C)c2sc(C(=O)NC(C)C(C)C(=O)O)cc12. The minimum Gasteiger partial charge on any atom is -0.481 e. The largest absolute Gasteiger partial charge is 0.481 e. The molecule has 7 heteroatoms. The molecule has 2 aromatic heterocycles. The number of aromatic nitrogens is 2. The summed E-state index contributed by atoms with van der Waals surface area (Å²) < 4.78 is 1.79. The number of carbonyl (C=O) groups excluding carboxylic acids is 1. The molecule has 2 heterocycles. The highest BCUT2D eigenvalue weighted by molar-refractivity contribution is 7.20. The van der Waals surface area contributed by atoms with Gasteiger partial charge < -0.3 is 10.4 Å². The Morgan fingerprint density at radius 3 is 2.50 bits per heavy atom. The van der Waals surface area contributed by atoms with Gasteiger partial charge in [-0.3, -0.25) is 14.3 Å². The number of nitrogens with one attached hydrogen (secondary N) is 1. The van der Waals surface area contributed by atoms with Crippen molar-refractivity contribution in [2.75, 3.05) is 0 Å². The monoisotopic (exact) mass is 323 g/mol. The lowest BCUT2D eigenvalue weighted by Gasteiger charge is -2.17. The zero-order valence-electron chi connectivity index (χ0n) is 13.4. The van der Waals surface area contributed by atoms with Crippen molar-refractivity contribution in [2.24, 2.45) is 13.0 Å². The Morgan fingerprint density at radius 1 is 1.32 bits per heavy atom. The first-order valence-corrected chi connectivity index (χ1v) is 8.04. The molecule has 0 spiro atoms. The fourth-order valence-electron chi connectivity index (χ4n) is 2.22. The molecule has 0 aliphatic heterocycles. The van der Waals surface area contributed by atoms with Crippen molar-refractivity contribution in [3.8, 4) is 0 Å². The molecule has 0 aliphatic carbocycles. The van der Waals surface area contributed by atoms with Crippen LogP contribution in [0.1, 0.15) is 49.0 Å². The van der Waals surface area contributed by atoms with Crippen LogP contribution in [-0.2, 0) is 11.8 Å². The third kappa shape index (κ3) is 2.99. The summed E-state index contributed by atoms with van der Waals surface area (Å²) in [5.74, 6) is -1.52. The molecule has 2 aromatic rings. The summed E-state index contributed by atoms with van der Waals surface area (Å²) in [6.07, 6.45) is 0. The molecule has 0 aliphatic rings. The van der Waals surface area contributed by atoms with Gasteiger partial charge >= 0.3 is 5.97 Å². The average molecular weight is 323 g/mol. The molecule has 22 heavy (non-hydrogen) atoms. The molecule has 6 nitrogen and oxygen atoms in total. The van der Waals surface area contributed by atoms with Crippen LogP contribution >= 0.6 is 11.3 Å². The fraction of sp³-hybridized carbons (Fsp3) is 0.533. The molecule has 0 saturated heterocycles. The van der Waals surface area contributed by atoms with Crippen LogP contribution in [0.5, 0.6) is 0 Å². The van der Waals surface area contributed by atoms with Crippen molar-refractivity contribution < 1.29 is 14.7 Å². The molecule has 0 bridgehead atoms. The molecule has 2 N–H and O–H groups in total. The number of nitrogens with zero attached hydrogens (tertiary/aromatic N) is 2. The number of hydrogen-bond acceptors (Lipinski definition) is 4. The van der Waals surface area contributed by atoms with Crippen molar-refractivity contribution in [1.82, 2.24) is 15.1 Å². The van der Waals surface area contributed by atoms with Crippen LogP contribution in [0.2, 0.25) is 0 Å². The minimum absolute atomic E-state index is 0.239. The number of rotatable bonds is 5. The first kappa shape index (κ1) is 16.5. The van der Waals surface area contributed by atoms with Gasteiger partial charge in [0, 0.05) is 18.5 Å². The predicted octanol–water partition coefficient (Wildman–Crippen LogP) is 2.60. The van der Waals surface area contributed by atoms with Crippen LogP contribution in [0.3, 0.4) is 0 Å². The number of hydrogen-bond donors (Lipinski definition) is 2. The number of carbonyl (C=O) groups is 2. The molecule has 0 saturated carbocycles. The van der Waals surface area contributed by atoms with Gasteiger partial charge in [-0.05, 0) is 25.8 Å². The molecule has 0 aromatic carbocycles. The summed E-state index contributed by atoms with van der Waals surface area (Å²) >= 11 is 1.37. The first-order valence-electron chi connectivity index (χ1n) is 7.22. The molecular weight excluding hydrogens is 302 g/mol. The lowest BCUT2D eigenvalue weighted by atomic mass is 10.0. The van der Waals surface area contributed by atoms with E-state index in [9.17, 15) is 9.59 Å². The van der Waals surface area contributed by atoms with E-state index in [4.69, 9.17) is 5.11 Å². The smallest absolute Gasteiger partial charge is 0.308 e. The molecular formula is C15H21N3O3S. The highest BCUT2D eigenvalue weighted by Crippen LogP contribution is 2.31. The van der Waals surface area contributed by atoms with Gasteiger partial charge in [-0.1, -0.05) is 13.8 Å². The number of carboxylic acid groups (broad SMARTS) is 1. The van der Waals surface area contributed by atoms with Crippen LogP contribution in [-0.4, -0.2) is 32.8 Å². The number of carboxylic acids is 1. The van der Waals surface area contributed by atoms with Crippen molar-refractivity contribution in [1.29, 1.82) is 0 Å². The van der Waals surface area contributed by atoms with Crippen molar-refractivity contribution in [3.63, 3.8) is 0 Å². The van der Waals surface area contributed by atoms with E-state index in [1.54, 1.807) is 18.5 Å². The number of aryl methyl sites for hydroxylation is 1. The summed E-state index contributed by atoms with van der Waals surface area (Å²) in [5.41, 5.74) is 0.972. The van der Waals surface area contributed by atoms with Gasteiger partial charge in [0.05, 0.1) is 16.5 Å². The van der Waals surface area contributed by atoms with Crippen LogP contribution in [0.4, 0.5) is 0 Å². The first-order chi connectivity index (χ1) is 10.2. The Morgan fingerprint density at radius 2 is 1.95 bits per heavy atom. The van der Waals surface area contributed by atoms with Crippen molar-refractivity contribution in [3.05, 3.63) is 16.6 Å². The van der Waals surface area contributed by atoms with Gasteiger partial charge in [-0.2, -0.15) is 5.10 Å². The highest BCUT2D eigenvalue weighted by Gasteiger charge is 2.23. The maximum absolute atomic E-state index is 12.3. The third-order valence-electron chi connectivity index (χ3n) is 3.81. The quantitative estimate of drug-likeness (QED) is 0.886. The second-order valence-electron chi connectivity index (χ2n) is 5.88. The summed E-state index contributed by atoms with van der Waals surface area (Å²) in [5, 5.41) is 17.2. The van der Waals surface area contributed by atoms with E-state index >= 15 is 0 Å². The van der Waals surface area contributed by atoms with Crippen LogP contribution in [0, 0.1) is 5.92 Å². The Labute approximate surface area is 133 Å². The highest BCUT2D eigenvalue weighted by atomic mass is 32.1. The Bertz CT molecular complexity index is 717. The third-order valence-corrected chi connectivity index (χ3v) is 5.01. The maximum atomic E-state index is 12.3. The molecule has 1 amide bonds. The number of thiophene rings is 1. The van der Waals surface area contributed by atoms with E-state index in [0.717, 1.165) is 15.9 Å². The Kier molecular flexibility index (Phi) is 4.55. The van der Waals surface area contributed by atoms with Crippen LogP contribution in [0.15, 0.2) is 6.07 Å². The average Bonchev–Trinajstić information content (AvgIpc) is 2.98. The normalized spacial score (nSPS) is 14.3. The summed E-state index contributed by atoms with van der Waals surface area (Å²) in [4.78, 5) is 24.8. The van der Waals surface area contributed by atoms with E-state index in [1.165, 1.54) is 11.3 Å². The van der Waals surface area contributed by atoms with Gasteiger partial charge in [-0.15, -0.1) is 11.3 Å². The van der Waals surface area contributed by atoms with Gasteiger partial charge in [0.1, 0.15) is 4.83 Å². The summed E-state index contributed by atoms with van der Waals surface area (Å²) in [7, 11) is 1.86. The molecule has 2 rings (SSSR count). The summed E-state index contributed by atoms with van der Waals surface area (Å²) in [6, 6.07) is 1.41. The zero-order chi connectivity index (χ0) is 16.6. The lowest BCUT2D eigenvalue weighted by molar-refractivity contribution is -0.141. The van der Waals surface area contributed by atoms with Crippen molar-refractivity contribution >= 4 is 33.4 Å². The second-order valence-corrected chi connectivity index (χ2v) is 6.91. The minimum atomic E-state index is -0.921. The Hall–Kier alpha value is -1.89. The van der Waals surface area contributed by atoms with E-state index in [1.807, 2.05) is 13.1 Å². The number of fused-ring (bicyclic) bond motifs is 1. The molecule has 2 atom stereocenters. The fourth-order valence-corrected chi connectivity index (χ4v) is 3.20. The van der Waals surface area contributed by atoms with Crippen LogP contribution < -0.4 is 5.32 Å². The lowest BCUT2D eigenvalue weighted by Crippen LogP contribution is -2.39. The molecule has 0 fully saturated rings. The van der Waals surface area contributed by atoms with Crippen LogP contribution in [0.25, 0.3) is 10.2 Å². The number of aliphatic carboxylic acids is 1. The molecule has 2 unspecified atom stereocenters.